The van der Waals surface area contributed by atoms with Crippen LogP contribution in [0.15, 0.2) is 30.3 Å². The summed E-state index contributed by atoms with van der Waals surface area (Å²) in [6.45, 7) is 4.36. The molecule has 4 rings (SSSR count). The molecule has 2 aliphatic rings. The number of aryl methyl sites for hydroxylation is 1. The molecule has 0 atom stereocenters. The fourth-order valence-electron chi connectivity index (χ4n) is 3.33. The van der Waals surface area contributed by atoms with Crippen LogP contribution in [0.2, 0.25) is 0 Å². The molecule has 2 amide bonds. The molecule has 2 heterocycles. The lowest BCUT2D eigenvalue weighted by atomic mass is 10.2. The Kier molecular flexibility index (Phi) is 4.03. The molecule has 6 nitrogen and oxygen atoms in total. The van der Waals surface area contributed by atoms with Gasteiger partial charge in [-0.2, -0.15) is 5.10 Å². The predicted molar refractivity (Wildman–Crippen MR) is 93.8 cm³/mol. The summed E-state index contributed by atoms with van der Waals surface area (Å²) < 4.78 is 1.93. The van der Waals surface area contributed by atoms with Crippen LogP contribution < -0.4 is 0 Å². The van der Waals surface area contributed by atoms with Gasteiger partial charge >= 0.3 is 0 Å². The molecule has 6 heteroatoms. The number of rotatable bonds is 4. The Balaban J connectivity index is 1.61. The topological polar surface area (TPSA) is 58.4 Å². The number of carbonyl (C=O) groups is 2. The average Bonchev–Trinajstić information content (AvgIpc) is 3.39. The number of benzene rings is 1. The summed E-state index contributed by atoms with van der Waals surface area (Å²) in [5, 5.41) is 4.64. The quantitative estimate of drug-likeness (QED) is 0.801. The van der Waals surface area contributed by atoms with Gasteiger partial charge in [0.25, 0.3) is 5.91 Å². The minimum Gasteiger partial charge on any atom is -0.342 e. The van der Waals surface area contributed by atoms with Crippen molar-refractivity contribution in [3.8, 4) is 5.69 Å². The van der Waals surface area contributed by atoms with Gasteiger partial charge in [0.15, 0.2) is 5.69 Å². The smallest absolute Gasteiger partial charge is 0.274 e. The number of nitrogens with zero attached hydrogens (tertiary/aromatic N) is 4. The highest BCUT2D eigenvalue weighted by atomic mass is 16.2. The normalized spacial score (nSPS) is 17.6. The van der Waals surface area contributed by atoms with E-state index in [1.54, 1.807) is 9.80 Å². The fraction of sp³-hybridized carbons (Fsp3) is 0.421. The summed E-state index contributed by atoms with van der Waals surface area (Å²) in [6.07, 6.45) is 3.16. The zero-order valence-corrected chi connectivity index (χ0v) is 14.4. The van der Waals surface area contributed by atoms with Crippen LogP contribution >= 0.6 is 0 Å². The third-order valence-electron chi connectivity index (χ3n) is 4.95. The van der Waals surface area contributed by atoms with Crippen molar-refractivity contribution in [1.29, 1.82) is 0 Å². The Bertz CT molecular complexity index is 802. The van der Waals surface area contributed by atoms with E-state index in [9.17, 15) is 9.59 Å². The van der Waals surface area contributed by atoms with Gasteiger partial charge in [-0.05, 0) is 43.5 Å². The SMILES string of the molecule is Cc1cccc(-n2nc(C(=O)N3CCN(C=O)CC3)cc2C2CC2)c1. The van der Waals surface area contributed by atoms with Crippen LogP contribution in [-0.2, 0) is 4.79 Å². The first-order valence-corrected chi connectivity index (χ1v) is 8.81. The lowest BCUT2D eigenvalue weighted by molar-refractivity contribution is -0.119. The highest BCUT2D eigenvalue weighted by Gasteiger charge is 2.31. The largest absolute Gasteiger partial charge is 0.342 e. The molecule has 1 saturated heterocycles. The van der Waals surface area contributed by atoms with Crippen molar-refractivity contribution in [2.24, 2.45) is 0 Å². The van der Waals surface area contributed by atoms with Crippen molar-refractivity contribution in [3.05, 3.63) is 47.3 Å². The van der Waals surface area contributed by atoms with Gasteiger partial charge in [0, 0.05) is 37.8 Å². The zero-order valence-electron chi connectivity index (χ0n) is 14.4. The van der Waals surface area contributed by atoms with E-state index in [4.69, 9.17) is 0 Å². The van der Waals surface area contributed by atoms with Gasteiger partial charge in [0.2, 0.25) is 6.41 Å². The van der Waals surface area contributed by atoms with Crippen molar-refractivity contribution in [2.45, 2.75) is 25.7 Å². The van der Waals surface area contributed by atoms with Gasteiger partial charge in [0.1, 0.15) is 0 Å². The minimum atomic E-state index is -0.0427. The Labute approximate surface area is 147 Å². The van der Waals surface area contributed by atoms with Crippen molar-refractivity contribution in [1.82, 2.24) is 19.6 Å². The molecule has 0 N–H and O–H groups in total. The molecule has 0 radical (unpaired) electrons. The van der Waals surface area contributed by atoms with Gasteiger partial charge in [-0.1, -0.05) is 12.1 Å². The van der Waals surface area contributed by atoms with Crippen molar-refractivity contribution >= 4 is 12.3 Å². The molecular weight excluding hydrogens is 316 g/mol. The molecule has 1 aromatic heterocycles. The second-order valence-electron chi connectivity index (χ2n) is 6.91. The molecule has 0 bridgehead atoms. The summed E-state index contributed by atoms with van der Waals surface area (Å²) >= 11 is 0. The molecule has 1 aliphatic heterocycles. The first kappa shape index (κ1) is 15.9. The molecule has 1 aliphatic carbocycles. The Morgan fingerprint density at radius 2 is 1.92 bits per heavy atom. The summed E-state index contributed by atoms with van der Waals surface area (Å²) in [5.74, 6) is 0.459. The van der Waals surface area contributed by atoms with E-state index in [2.05, 4.69) is 24.2 Å². The maximum atomic E-state index is 12.8. The van der Waals surface area contributed by atoms with E-state index < -0.39 is 0 Å². The van der Waals surface area contributed by atoms with Gasteiger partial charge in [-0.3, -0.25) is 9.59 Å². The van der Waals surface area contributed by atoms with Gasteiger partial charge < -0.3 is 9.80 Å². The summed E-state index contributed by atoms with van der Waals surface area (Å²) in [5.41, 5.74) is 3.81. The minimum absolute atomic E-state index is 0.0427. The second-order valence-corrected chi connectivity index (χ2v) is 6.91. The average molecular weight is 338 g/mol. The lowest BCUT2D eigenvalue weighted by Crippen LogP contribution is -2.48. The molecular formula is C19H22N4O2. The van der Waals surface area contributed by atoms with Crippen molar-refractivity contribution in [2.75, 3.05) is 26.2 Å². The van der Waals surface area contributed by atoms with E-state index >= 15 is 0 Å². The van der Waals surface area contributed by atoms with Crippen LogP contribution in [0.25, 0.3) is 5.69 Å². The summed E-state index contributed by atoms with van der Waals surface area (Å²) in [6, 6.07) is 10.2. The summed E-state index contributed by atoms with van der Waals surface area (Å²) in [7, 11) is 0. The molecule has 2 fully saturated rings. The Morgan fingerprint density at radius 3 is 2.56 bits per heavy atom. The van der Waals surface area contributed by atoms with Gasteiger partial charge in [-0.15, -0.1) is 0 Å². The van der Waals surface area contributed by atoms with E-state index in [0.29, 0.717) is 37.8 Å². The molecule has 2 aromatic rings. The van der Waals surface area contributed by atoms with Crippen LogP contribution in [0.1, 0.15) is 40.5 Å². The summed E-state index contributed by atoms with van der Waals surface area (Å²) in [4.78, 5) is 27.2. The number of aromatic nitrogens is 2. The van der Waals surface area contributed by atoms with Crippen molar-refractivity contribution in [3.63, 3.8) is 0 Å². The van der Waals surface area contributed by atoms with Crippen LogP contribution in [-0.4, -0.2) is 58.1 Å². The Hall–Kier alpha value is -2.63. The fourth-order valence-corrected chi connectivity index (χ4v) is 3.33. The number of carbonyl (C=O) groups excluding carboxylic acids is 2. The second kappa shape index (κ2) is 6.35. The maximum Gasteiger partial charge on any atom is 0.274 e. The van der Waals surface area contributed by atoms with E-state index in [0.717, 1.165) is 30.6 Å². The first-order valence-electron chi connectivity index (χ1n) is 8.81. The first-order chi connectivity index (χ1) is 12.2. The van der Waals surface area contributed by atoms with Crippen LogP contribution in [0.3, 0.4) is 0 Å². The highest BCUT2D eigenvalue weighted by molar-refractivity contribution is 5.92. The van der Waals surface area contributed by atoms with Gasteiger partial charge in [-0.25, -0.2) is 4.68 Å². The van der Waals surface area contributed by atoms with E-state index in [1.807, 2.05) is 22.9 Å². The monoisotopic (exact) mass is 338 g/mol. The van der Waals surface area contributed by atoms with Gasteiger partial charge in [0.05, 0.1) is 5.69 Å². The molecule has 0 spiro atoms. The maximum absolute atomic E-state index is 12.8. The number of hydrogen-bond acceptors (Lipinski definition) is 3. The van der Waals surface area contributed by atoms with Crippen molar-refractivity contribution < 1.29 is 9.59 Å². The van der Waals surface area contributed by atoms with E-state index in [-0.39, 0.29) is 5.91 Å². The third kappa shape index (κ3) is 3.16. The van der Waals surface area contributed by atoms with Crippen LogP contribution in [0.4, 0.5) is 0 Å². The molecule has 1 saturated carbocycles. The molecule has 25 heavy (non-hydrogen) atoms. The van der Waals surface area contributed by atoms with Crippen LogP contribution in [0, 0.1) is 6.92 Å². The molecule has 0 unspecified atom stereocenters. The highest BCUT2D eigenvalue weighted by Crippen LogP contribution is 2.41. The molecule has 130 valence electrons. The lowest BCUT2D eigenvalue weighted by Gasteiger charge is -2.32. The number of hydrogen-bond donors (Lipinski definition) is 0. The number of piperazine rings is 1. The zero-order chi connectivity index (χ0) is 17.4. The number of amides is 2. The molecule has 1 aromatic carbocycles. The standard InChI is InChI=1S/C19H22N4O2/c1-14-3-2-4-16(11-14)23-18(15-5-6-15)12-17(20-23)19(25)22-9-7-21(13-24)8-10-22/h2-4,11-13,15H,5-10H2,1H3. The van der Waals surface area contributed by atoms with E-state index in [1.165, 1.54) is 5.56 Å². The predicted octanol–water partition coefficient (Wildman–Crippen LogP) is 1.97. The Morgan fingerprint density at radius 1 is 1.16 bits per heavy atom. The third-order valence-corrected chi connectivity index (χ3v) is 4.95. The van der Waals surface area contributed by atoms with Crippen LogP contribution in [0.5, 0.6) is 0 Å².